The molecule has 0 spiro atoms. The van der Waals surface area contributed by atoms with E-state index in [9.17, 15) is 13.2 Å². The molecule has 0 amide bonds. The molecule has 0 bridgehead atoms. The van der Waals surface area contributed by atoms with Crippen molar-refractivity contribution in [3.05, 3.63) is 89.4 Å². The molecule has 5 aromatic rings. The number of benzene rings is 3. The number of carbonyl (C=O) groups is 1. The van der Waals surface area contributed by atoms with E-state index in [0.29, 0.717) is 27.4 Å². The summed E-state index contributed by atoms with van der Waals surface area (Å²) in [5.41, 5.74) is 2.25. The van der Waals surface area contributed by atoms with E-state index >= 15 is 0 Å². The van der Waals surface area contributed by atoms with Gasteiger partial charge < -0.3 is 4.74 Å². The lowest BCUT2D eigenvalue weighted by atomic mass is 10.2. The maximum atomic E-state index is 13.4. The number of halogens is 1. The summed E-state index contributed by atoms with van der Waals surface area (Å²) >= 11 is 5.94. The fourth-order valence-electron chi connectivity index (χ4n) is 3.77. The number of fused-ring (bicyclic) bond motifs is 2. The quantitative estimate of drug-likeness (QED) is 0.317. The number of esters is 1. The minimum absolute atomic E-state index is 0.0186. The second-order valence-electron chi connectivity index (χ2n) is 7.56. The van der Waals surface area contributed by atoms with Crippen molar-refractivity contribution >= 4 is 55.6 Å². The zero-order chi connectivity index (χ0) is 24.6. The van der Waals surface area contributed by atoms with Crippen LogP contribution < -0.4 is 4.72 Å². The van der Waals surface area contributed by atoms with Gasteiger partial charge in [-0.2, -0.15) is 0 Å². The van der Waals surface area contributed by atoms with Crippen LogP contribution in [0, 0.1) is 0 Å². The van der Waals surface area contributed by atoms with Crippen molar-refractivity contribution in [1.29, 1.82) is 0 Å². The van der Waals surface area contributed by atoms with Gasteiger partial charge in [0, 0.05) is 10.7 Å². The van der Waals surface area contributed by atoms with Crippen LogP contribution in [0.2, 0.25) is 5.02 Å². The summed E-state index contributed by atoms with van der Waals surface area (Å²) in [6.07, 6.45) is 0. The third-order valence-corrected chi connectivity index (χ3v) is 6.92. The molecule has 0 fully saturated rings. The lowest BCUT2D eigenvalue weighted by Crippen LogP contribution is -2.18. The SMILES string of the molecule is CCOC(=O)c1c(NS(=O)(=O)c2ccc(Cl)cc2)n(-c2ccccc2)c2nc3ccccc3nc12. The van der Waals surface area contributed by atoms with E-state index in [1.54, 1.807) is 47.9 Å². The predicted octanol–water partition coefficient (Wildman–Crippen LogP) is 5.20. The topological polar surface area (TPSA) is 103 Å². The van der Waals surface area contributed by atoms with Crippen molar-refractivity contribution in [2.45, 2.75) is 11.8 Å². The first-order chi connectivity index (χ1) is 16.9. The second kappa shape index (κ2) is 9.01. The van der Waals surface area contributed by atoms with Crippen LogP contribution in [0.1, 0.15) is 17.3 Å². The van der Waals surface area contributed by atoms with Crippen LogP contribution in [0.15, 0.2) is 83.8 Å². The maximum absolute atomic E-state index is 13.4. The molecular weight excluding hydrogens is 488 g/mol. The number of anilines is 1. The molecule has 0 aliphatic heterocycles. The van der Waals surface area contributed by atoms with Gasteiger partial charge in [0.05, 0.1) is 22.5 Å². The van der Waals surface area contributed by atoms with Crippen molar-refractivity contribution in [3.63, 3.8) is 0 Å². The Bertz CT molecular complexity index is 1670. The number of hydrogen-bond donors (Lipinski definition) is 1. The Morgan fingerprint density at radius 3 is 2.23 bits per heavy atom. The predicted molar refractivity (Wildman–Crippen MR) is 135 cm³/mol. The Kier molecular flexibility index (Phi) is 5.88. The fourth-order valence-corrected chi connectivity index (χ4v) is 4.95. The molecule has 8 nitrogen and oxygen atoms in total. The highest BCUT2D eigenvalue weighted by atomic mass is 35.5. The van der Waals surface area contributed by atoms with Crippen LogP contribution in [0.4, 0.5) is 5.82 Å². The Labute approximate surface area is 206 Å². The number of nitrogens with one attached hydrogen (secondary N) is 1. The van der Waals surface area contributed by atoms with Crippen molar-refractivity contribution in [2.24, 2.45) is 0 Å². The van der Waals surface area contributed by atoms with Crippen molar-refractivity contribution in [3.8, 4) is 5.69 Å². The molecular formula is C25H19ClN4O4S. The van der Waals surface area contributed by atoms with Gasteiger partial charge >= 0.3 is 5.97 Å². The van der Waals surface area contributed by atoms with Gasteiger partial charge in [-0.15, -0.1) is 0 Å². The molecule has 176 valence electrons. The number of nitrogens with zero attached hydrogens (tertiary/aromatic N) is 3. The molecule has 0 unspecified atom stereocenters. The highest BCUT2D eigenvalue weighted by Crippen LogP contribution is 2.35. The van der Waals surface area contributed by atoms with Crippen molar-refractivity contribution in [2.75, 3.05) is 11.3 Å². The number of rotatable bonds is 6. The fraction of sp³-hybridized carbons (Fsp3) is 0.0800. The lowest BCUT2D eigenvalue weighted by molar-refractivity contribution is 0.0529. The van der Waals surface area contributed by atoms with Crippen LogP contribution in [0.3, 0.4) is 0 Å². The average molecular weight is 507 g/mol. The number of aromatic nitrogens is 3. The van der Waals surface area contributed by atoms with Gasteiger partial charge in [0.2, 0.25) is 0 Å². The summed E-state index contributed by atoms with van der Waals surface area (Å²) < 4.78 is 36.2. The van der Waals surface area contributed by atoms with E-state index in [1.165, 1.54) is 24.3 Å². The molecule has 0 atom stereocenters. The normalized spacial score (nSPS) is 11.6. The second-order valence-corrected chi connectivity index (χ2v) is 9.68. The molecule has 0 saturated carbocycles. The van der Waals surface area contributed by atoms with E-state index in [4.69, 9.17) is 21.3 Å². The summed E-state index contributed by atoms with van der Waals surface area (Å²) in [6, 6.07) is 21.9. The van der Waals surface area contributed by atoms with E-state index < -0.39 is 16.0 Å². The van der Waals surface area contributed by atoms with Crippen LogP contribution in [0.25, 0.3) is 27.9 Å². The molecule has 2 heterocycles. The first kappa shape index (κ1) is 22.8. The molecule has 3 aromatic carbocycles. The summed E-state index contributed by atoms with van der Waals surface area (Å²) in [5.74, 6) is -0.736. The van der Waals surface area contributed by atoms with Crippen LogP contribution in [-0.2, 0) is 14.8 Å². The van der Waals surface area contributed by atoms with Crippen LogP contribution >= 0.6 is 11.6 Å². The van der Waals surface area contributed by atoms with Gasteiger partial charge in [-0.05, 0) is 55.5 Å². The van der Waals surface area contributed by atoms with E-state index in [1.807, 2.05) is 18.2 Å². The number of hydrogen-bond acceptors (Lipinski definition) is 6. The monoisotopic (exact) mass is 506 g/mol. The Balaban J connectivity index is 1.85. The third kappa shape index (κ3) is 4.20. The Morgan fingerprint density at radius 1 is 0.943 bits per heavy atom. The van der Waals surface area contributed by atoms with Gasteiger partial charge in [0.1, 0.15) is 16.9 Å². The summed E-state index contributed by atoms with van der Waals surface area (Å²) in [5, 5.41) is 0.398. The van der Waals surface area contributed by atoms with Gasteiger partial charge in [0.25, 0.3) is 10.0 Å². The Morgan fingerprint density at radius 2 is 1.57 bits per heavy atom. The minimum atomic E-state index is -4.12. The van der Waals surface area contributed by atoms with Gasteiger partial charge in [0.15, 0.2) is 5.65 Å². The van der Waals surface area contributed by atoms with E-state index in [-0.39, 0.29) is 28.4 Å². The number of sulfonamides is 1. The van der Waals surface area contributed by atoms with Crippen LogP contribution in [-0.4, -0.2) is 35.5 Å². The molecule has 35 heavy (non-hydrogen) atoms. The lowest BCUT2D eigenvalue weighted by Gasteiger charge is -2.14. The zero-order valence-corrected chi connectivity index (χ0v) is 20.0. The summed E-state index contributed by atoms with van der Waals surface area (Å²) in [4.78, 5) is 22.5. The zero-order valence-electron chi connectivity index (χ0n) is 18.5. The summed E-state index contributed by atoms with van der Waals surface area (Å²) in [7, 11) is -4.12. The first-order valence-corrected chi connectivity index (χ1v) is 12.6. The van der Waals surface area contributed by atoms with Crippen molar-refractivity contribution < 1.29 is 17.9 Å². The van der Waals surface area contributed by atoms with E-state index in [0.717, 1.165) is 0 Å². The molecule has 2 aromatic heterocycles. The number of ether oxygens (including phenoxy) is 1. The summed E-state index contributed by atoms with van der Waals surface area (Å²) in [6.45, 7) is 1.77. The van der Waals surface area contributed by atoms with E-state index in [2.05, 4.69) is 9.71 Å². The van der Waals surface area contributed by atoms with Gasteiger partial charge in [-0.25, -0.2) is 23.2 Å². The maximum Gasteiger partial charge on any atom is 0.344 e. The van der Waals surface area contributed by atoms with Crippen LogP contribution in [0.5, 0.6) is 0 Å². The first-order valence-electron chi connectivity index (χ1n) is 10.7. The smallest absolute Gasteiger partial charge is 0.344 e. The third-order valence-electron chi connectivity index (χ3n) is 5.31. The molecule has 10 heteroatoms. The molecule has 1 N–H and O–H groups in total. The highest BCUT2D eigenvalue weighted by molar-refractivity contribution is 7.92. The molecule has 5 rings (SSSR count). The molecule has 0 radical (unpaired) electrons. The minimum Gasteiger partial charge on any atom is -0.462 e. The largest absolute Gasteiger partial charge is 0.462 e. The number of carbonyl (C=O) groups excluding carboxylic acids is 1. The highest BCUT2D eigenvalue weighted by Gasteiger charge is 2.30. The molecule has 0 aliphatic carbocycles. The van der Waals surface area contributed by atoms with Gasteiger partial charge in [-0.1, -0.05) is 41.9 Å². The molecule has 0 aliphatic rings. The Hall–Kier alpha value is -3.95. The molecule has 0 saturated heterocycles. The number of para-hydroxylation sites is 3. The van der Waals surface area contributed by atoms with Crippen molar-refractivity contribution in [1.82, 2.24) is 14.5 Å². The average Bonchev–Trinajstić information content (AvgIpc) is 3.15. The standard InChI is InChI=1S/C25H19ClN4O4S/c1-2-34-25(31)21-22-24(28-20-11-7-6-10-19(20)27-22)30(17-8-4-3-5-9-17)23(21)29-35(32,33)18-14-12-16(26)13-15-18/h3-15,29H,2H2,1H3. The van der Waals surface area contributed by atoms with Gasteiger partial charge in [-0.3, -0.25) is 9.29 Å².